The molecule has 114 valence electrons. The highest BCUT2D eigenvalue weighted by Crippen LogP contribution is 2.44. The van der Waals surface area contributed by atoms with Gasteiger partial charge in [0.2, 0.25) is 5.88 Å². The standard InChI is InChI=1S/C15H16N4O2S/c1-8(20)10-6-11(22-3)19-14(18-10)12-13(9-4-5-9)16-7-17-15(12)21-2/h6-7,9H,4-5H2,1-3H3. The summed E-state index contributed by atoms with van der Waals surface area (Å²) in [5.41, 5.74) is 1.99. The average Bonchev–Trinajstić information content (AvgIpc) is 3.38. The minimum Gasteiger partial charge on any atom is -0.480 e. The quantitative estimate of drug-likeness (QED) is 0.477. The highest BCUT2D eigenvalue weighted by molar-refractivity contribution is 7.98. The fourth-order valence-corrected chi connectivity index (χ4v) is 2.64. The van der Waals surface area contributed by atoms with Crippen molar-refractivity contribution in [3.63, 3.8) is 0 Å². The Morgan fingerprint density at radius 3 is 2.68 bits per heavy atom. The van der Waals surface area contributed by atoms with Crippen molar-refractivity contribution in [1.29, 1.82) is 0 Å². The van der Waals surface area contributed by atoms with Crippen LogP contribution in [0.3, 0.4) is 0 Å². The predicted octanol–water partition coefficient (Wildman–Crippen LogP) is 2.74. The topological polar surface area (TPSA) is 77.9 Å². The number of hydrogen-bond donors (Lipinski definition) is 0. The number of nitrogens with zero attached hydrogens (tertiary/aromatic N) is 4. The first kappa shape index (κ1) is 14.9. The molecule has 0 amide bonds. The summed E-state index contributed by atoms with van der Waals surface area (Å²) in [6.45, 7) is 1.50. The van der Waals surface area contributed by atoms with Gasteiger partial charge in [0.15, 0.2) is 11.6 Å². The molecule has 0 atom stereocenters. The second-order valence-corrected chi connectivity index (χ2v) is 5.92. The van der Waals surface area contributed by atoms with Crippen molar-refractivity contribution in [2.75, 3.05) is 13.4 Å². The third-order valence-corrected chi connectivity index (χ3v) is 4.12. The molecule has 1 aliphatic carbocycles. The number of carbonyl (C=O) groups is 1. The maximum Gasteiger partial charge on any atom is 0.227 e. The lowest BCUT2D eigenvalue weighted by atomic mass is 10.1. The number of ketones is 1. The van der Waals surface area contributed by atoms with Crippen molar-refractivity contribution in [2.45, 2.75) is 30.7 Å². The first-order valence-electron chi connectivity index (χ1n) is 6.97. The van der Waals surface area contributed by atoms with Gasteiger partial charge < -0.3 is 4.74 Å². The molecule has 0 radical (unpaired) electrons. The van der Waals surface area contributed by atoms with Gasteiger partial charge in [-0.25, -0.2) is 19.9 Å². The van der Waals surface area contributed by atoms with Gasteiger partial charge in [0.1, 0.15) is 22.6 Å². The summed E-state index contributed by atoms with van der Waals surface area (Å²) in [6.07, 6.45) is 5.60. The lowest BCUT2D eigenvalue weighted by molar-refractivity contribution is 0.101. The largest absolute Gasteiger partial charge is 0.480 e. The highest BCUT2D eigenvalue weighted by atomic mass is 32.2. The van der Waals surface area contributed by atoms with E-state index in [2.05, 4.69) is 19.9 Å². The predicted molar refractivity (Wildman–Crippen MR) is 83.4 cm³/mol. The Morgan fingerprint density at radius 2 is 2.09 bits per heavy atom. The lowest BCUT2D eigenvalue weighted by Gasteiger charge is -2.11. The van der Waals surface area contributed by atoms with Gasteiger partial charge >= 0.3 is 0 Å². The van der Waals surface area contributed by atoms with Crippen LogP contribution in [-0.2, 0) is 0 Å². The summed E-state index contributed by atoms with van der Waals surface area (Å²) >= 11 is 1.47. The van der Waals surface area contributed by atoms with Crippen LogP contribution >= 0.6 is 11.8 Å². The van der Waals surface area contributed by atoms with Crippen LogP contribution in [0.5, 0.6) is 5.88 Å². The number of carbonyl (C=O) groups excluding carboxylic acids is 1. The van der Waals surface area contributed by atoms with Crippen LogP contribution in [0.1, 0.15) is 41.9 Å². The Labute approximate surface area is 132 Å². The van der Waals surface area contributed by atoms with Gasteiger partial charge in [0, 0.05) is 12.8 Å². The number of Topliss-reactive ketones (excluding diaryl/α,β-unsaturated/α-hetero) is 1. The van der Waals surface area contributed by atoms with Gasteiger partial charge in [0.25, 0.3) is 0 Å². The van der Waals surface area contributed by atoms with E-state index in [-0.39, 0.29) is 5.78 Å². The Balaban J connectivity index is 2.22. The monoisotopic (exact) mass is 316 g/mol. The van der Waals surface area contributed by atoms with Crippen molar-refractivity contribution in [3.05, 3.63) is 23.8 Å². The number of aromatic nitrogens is 4. The zero-order chi connectivity index (χ0) is 15.7. The average molecular weight is 316 g/mol. The molecule has 0 N–H and O–H groups in total. The second kappa shape index (κ2) is 6.00. The summed E-state index contributed by atoms with van der Waals surface area (Å²) < 4.78 is 5.37. The maximum absolute atomic E-state index is 11.7. The van der Waals surface area contributed by atoms with Crippen molar-refractivity contribution in [1.82, 2.24) is 19.9 Å². The molecule has 0 saturated heterocycles. The molecule has 0 spiro atoms. The summed E-state index contributed by atoms with van der Waals surface area (Å²) in [5.74, 6) is 1.21. The number of thioether (sulfide) groups is 1. The molecule has 0 unspecified atom stereocenters. The fourth-order valence-electron chi connectivity index (χ4n) is 2.24. The summed E-state index contributed by atoms with van der Waals surface area (Å²) in [4.78, 5) is 29.2. The normalized spacial score (nSPS) is 14.0. The van der Waals surface area contributed by atoms with Crippen molar-refractivity contribution in [2.24, 2.45) is 0 Å². The highest BCUT2D eigenvalue weighted by Gasteiger charge is 2.31. The molecule has 7 heteroatoms. The van der Waals surface area contributed by atoms with Crippen LogP contribution < -0.4 is 4.74 Å². The molecule has 2 aromatic heterocycles. The Morgan fingerprint density at radius 1 is 1.32 bits per heavy atom. The zero-order valence-electron chi connectivity index (χ0n) is 12.7. The molecule has 1 fully saturated rings. The van der Waals surface area contributed by atoms with E-state index in [0.29, 0.717) is 28.9 Å². The van der Waals surface area contributed by atoms with Gasteiger partial charge in [-0.05, 0) is 25.2 Å². The van der Waals surface area contributed by atoms with Crippen LogP contribution in [-0.4, -0.2) is 39.1 Å². The molecule has 1 aliphatic rings. The van der Waals surface area contributed by atoms with Crippen molar-refractivity contribution in [3.8, 4) is 17.3 Å². The van der Waals surface area contributed by atoms with Crippen LogP contribution in [0.4, 0.5) is 0 Å². The van der Waals surface area contributed by atoms with Crippen molar-refractivity contribution < 1.29 is 9.53 Å². The molecule has 6 nitrogen and oxygen atoms in total. The lowest BCUT2D eigenvalue weighted by Crippen LogP contribution is -2.06. The van der Waals surface area contributed by atoms with E-state index in [1.807, 2.05) is 6.26 Å². The summed E-state index contributed by atoms with van der Waals surface area (Å²) in [7, 11) is 1.56. The molecule has 1 saturated carbocycles. The smallest absolute Gasteiger partial charge is 0.227 e. The maximum atomic E-state index is 11.7. The van der Waals surface area contributed by atoms with Gasteiger partial charge in [-0.1, -0.05) is 0 Å². The van der Waals surface area contributed by atoms with Gasteiger partial charge in [-0.3, -0.25) is 4.79 Å². The minimum atomic E-state index is -0.0947. The van der Waals surface area contributed by atoms with Crippen molar-refractivity contribution >= 4 is 17.5 Å². The number of methoxy groups -OCH3 is 1. The molecule has 2 aromatic rings. The molecule has 0 aliphatic heterocycles. The van der Waals surface area contributed by atoms with E-state index in [1.165, 1.54) is 25.0 Å². The van der Waals surface area contributed by atoms with E-state index in [9.17, 15) is 4.79 Å². The Bertz CT molecular complexity index is 731. The second-order valence-electron chi connectivity index (χ2n) is 5.09. The molecule has 0 aromatic carbocycles. The molecular weight excluding hydrogens is 300 g/mol. The van der Waals surface area contributed by atoms with Crippen LogP contribution in [0.25, 0.3) is 11.4 Å². The minimum absolute atomic E-state index is 0.0947. The summed E-state index contributed by atoms with van der Waals surface area (Å²) in [5, 5.41) is 0.739. The van der Waals surface area contributed by atoms with E-state index in [0.717, 1.165) is 23.6 Å². The summed E-state index contributed by atoms with van der Waals surface area (Å²) in [6, 6.07) is 1.70. The number of ether oxygens (including phenoxy) is 1. The van der Waals surface area contributed by atoms with Gasteiger partial charge in [-0.15, -0.1) is 11.8 Å². The van der Waals surface area contributed by atoms with Crippen LogP contribution in [0, 0.1) is 0 Å². The molecule has 3 rings (SSSR count). The molecule has 0 bridgehead atoms. The third kappa shape index (κ3) is 2.81. The van der Waals surface area contributed by atoms with Gasteiger partial charge in [-0.2, -0.15) is 0 Å². The number of rotatable bonds is 5. The molecular formula is C15H16N4O2S. The first-order valence-corrected chi connectivity index (χ1v) is 8.19. The fraction of sp³-hybridized carbons (Fsp3) is 0.400. The Hall–Kier alpha value is -2.02. The first-order chi connectivity index (χ1) is 10.6. The SMILES string of the molecule is COc1ncnc(C2CC2)c1-c1nc(SC)cc(C(C)=O)n1. The van der Waals surface area contributed by atoms with Crippen LogP contribution in [0.2, 0.25) is 0 Å². The van der Waals surface area contributed by atoms with E-state index >= 15 is 0 Å². The van der Waals surface area contributed by atoms with E-state index < -0.39 is 0 Å². The third-order valence-electron chi connectivity index (χ3n) is 3.50. The van der Waals surface area contributed by atoms with E-state index in [4.69, 9.17) is 4.74 Å². The molecule has 22 heavy (non-hydrogen) atoms. The Kier molecular flexibility index (Phi) is 4.06. The zero-order valence-corrected chi connectivity index (χ0v) is 13.5. The number of hydrogen-bond acceptors (Lipinski definition) is 7. The van der Waals surface area contributed by atoms with Crippen LogP contribution in [0.15, 0.2) is 17.4 Å². The van der Waals surface area contributed by atoms with Gasteiger partial charge in [0.05, 0.1) is 12.8 Å². The van der Waals surface area contributed by atoms with E-state index in [1.54, 1.807) is 13.2 Å². The molecule has 2 heterocycles.